The van der Waals surface area contributed by atoms with Crippen molar-refractivity contribution in [3.8, 4) is 0 Å². The van der Waals surface area contributed by atoms with Crippen molar-refractivity contribution in [2.75, 3.05) is 19.6 Å². The highest BCUT2D eigenvalue weighted by Gasteiger charge is 2.15. The third kappa shape index (κ3) is 2.84. The summed E-state index contributed by atoms with van der Waals surface area (Å²) in [6.07, 6.45) is 1.40. The number of aryl methyl sites for hydroxylation is 2. The summed E-state index contributed by atoms with van der Waals surface area (Å²) in [7, 11) is 0. The first-order valence-electron chi connectivity index (χ1n) is 7.33. The lowest BCUT2D eigenvalue weighted by molar-refractivity contribution is 0.120. The average Bonchev–Trinajstić information content (AvgIpc) is 2.47. The van der Waals surface area contributed by atoms with Crippen molar-refractivity contribution in [1.82, 2.24) is 9.88 Å². The van der Waals surface area contributed by atoms with Gasteiger partial charge in [0.1, 0.15) is 0 Å². The van der Waals surface area contributed by atoms with Crippen LogP contribution in [0.2, 0.25) is 0 Å². The fourth-order valence-electron chi connectivity index (χ4n) is 2.57. The Bertz CT molecular complexity index is 591. The summed E-state index contributed by atoms with van der Waals surface area (Å²) in [5.41, 5.74) is 4.28. The summed E-state index contributed by atoms with van der Waals surface area (Å²) < 4.78 is 0. The summed E-state index contributed by atoms with van der Waals surface area (Å²) in [6, 6.07) is 6.08. The second kappa shape index (κ2) is 6.33. The van der Waals surface area contributed by atoms with Crippen LogP contribution in [0.15, 0.2) is 24.4 Å². The molecule has 0 saturated carbocycles. The Morgan fingerprint density at radius 1 is 1.20 bits per heavy atom. The number of likely N-dealkylation sites (N-methyl/N-ethyl adjacent to an activating group) is 1. The van der Waals surface area contributed by atoms with Crippen LogP contribution in [0, 0.1) is 13.8 Å². The fourth-order valence-corrected chi connectivity index (χ4v) is 2.57. The van der Waals surface area contributed by atoms with Crippen LogP contribution in [-0.2, 0) is 0 Å². The van der Waals surface area contributed by atoms with Gasteiger partial charge in [0.25, 0.3) is 0 Å². The zero-order chi connectivity index (χ0) is 14.7. The third-order valence-electron chi connectivity index (χ3n) is 4.13. The van der Waals surface area contributed by atoms with Crippen LogP contribution in [0.1, 0.15) is 36.6 Å². The molecule has 1 atom stereocenters. The number of hydrogen-bond acceptors (Lipinski definition) is 3. The molecule has 108 valence electrons. The van der Waals surface area contributed by atoms with Gasteiger partial charge in [-0.25, -0.2) is 0 Å². The molecule has 3 heteroatoms. The largest absolute Gasteiger partial charge is 0.387 e. The maximum Gasteiger partial charge on any atom is 0.0937 e. The van der Waals surface area contributed by atoms with Crippen LogP contribution >= 0.6 is 0 Å². The Balaban J connectivity index is 2.42. The molecular formula is C17H24N2O. The van der Waals surface area contributed by atoms with E-state index in [1.807, 2.05) is 18.3 Å². The minimum absolute atomic E-state index is 0.492. The molecule has 0 amide bonds. The van der Waals surface area contributed by atoms with E-state index < -0.39 is 6.10 Å². The Kier molecular flexibility index (Phi) is 4.73. The molecule has 0 spiro atoms. The molecule has 20 heavy (non-hydrogen) atoms. The van der Waals surface area contributed by atoms with Gasteiger partial charge in [0.15, 0.2) is 0 Å². The summed E-state index contributed by atoms with van der Waals surface area (Å²) in [5, 5.41) is 11.7. The smallest absolute Gasteiger partial charge is 0.0937 e. The first-order chi connectivity index (χ1) is 9.58. The average molecular weight is 272 g/mol. The van der Waals surface area contributed by atoms with E-state index in [1.165, 1.54) is 11.1 Å². The van der Waals surface area contributed by atoms with Gasteiger partial charge in [-0.2, -0.15) is 0 Å². The Morgan fingerprint density at radius 3 is 2.55 bits per heavy atom. The van der Waals surface area contributed by atoms with Crippen molar-refractivity contribution < 1.29 is 5.11 Å². The van der Waals surface area contributed by atoms with E-state index in [4.69, 9.17) is 0 Å². The molecule has 1 aromatic heterocycles. The summed E-state index contributed by atoms with van der Waals surface area (Å²) in [5.74, 6) is 0. The molecule has 2 aromatic rings. The minimum Gasteiger partial charge on any atom is -0.387 e. The van der Waals surface area contributed by atoms with Gasteiger partial charge in [-0.05, 0) is 38.1 Å². The second-order valence-electron chi connectivity index (χ2n) is 5.31. The SMILES string of the molecule is CCN(CC)CC(O)c1cccc2c(C)c(C)cnc12. The fraction of sp³-hybridized carbons (Fsp3) is 0.471. The van der Waals surface area contributed by atoms with E-state index in [-0.39, 0.29) is 0 Å². The topological polar surface area (TPSA) is 36.4 Å². The molecule has 1 aromatic carbocycles. The number of nitrogens with zero attached hydrogens (tertiary/aromatic N) is 2. The van der Waals surface area contributed by atoms with E-state index >= 15 is 0 Å². The van der Waals surface area contributed by atoms with Gasteiger partial charge in [-0.3, -0.25) is 4.98 Å². The van der Waals surface area contributed by atoms with Gasteiger partial charge in [0.05, 0.1) is 11.6 Å². The maximum atomic E-state index is 10.5. The Hall–Kier alpha value is -1.45. The molecule has 1 N–H and O–H groups in total. The predicted octanol–water partition coefficient (Wildman–Crippen LogP) is 3.23. The maximum absolute atomic E-state index is 10.5. The van der Waals surface area contributed by atoms with Gasteiger partial charge >= 0.3 is 0 Å². The number of aliphatic hydroxyl groups excluding tert-OH is 1. The molecule has 1 heterocycles. The van der Waals surface area contributed by atoms with Gasteiger partial charge < -0.3 is 10.0 Å². The van der Waals surface area contributed by atoms with Crippen molar-refractivity contribution in [1.29, 1.82) is 0 Å². The molecule has 3 nitrogen and oxygen atoms in total. The first kappa shape index (κ1) is 14.9. The molecular weight excluding hydrogens is 248 g/mol. The highest BCUT2D eigenvalue weighted by Crippen LogP contribution is 2.26. The lowest BCUT2D eigenvalue weighted by atomic mass is 10.00. The van der Waals surface area contributed by atoms with Gasteiger partial charge in [-0.15, -0.1) is 0 Å². The monoisotopic (exact) mass is 272 g/mol. The quantitative estimate of drug-likeness (QED) is 0.908. The van der Waals surface area contributed by atoms with E-state index in [9.17, 15) is 5.11 Å². The van der Waals surface area contributed by atoms with Crippen molar-refractivity contribution in [3.63, 3.8) is 0 Å². The van der Waals surface area contributed by atoms with E-state index in [1.54, 1.807) is 0 Å². The van der Waals surface area contributed by atoms with Gasteiger partial charge in [-0.1, -0.05) is 32.0 Å². The number of benzene rings is 1. The predicted molar refractivity (Wildman–Crippen MR) is 84.0 cm³/mol. The Labute approximate surface area is 121 Å². The summed E-state index contributed by atoms with van der Waals surface area (Å²) in [6.45, 7) is 11.0. The minimum atomic E-state index is -0.492. The molecule has 0 aliphatic carbocycles. The summed E-state index contributed by atoms with van der Waals surface area (Å²) >= 11 is 0. The zero-order valence-electron chi connectivity index (χ0n) is 12.8. The second-order valence-corrected chi connectivity index (χ2v) is 5.31. The number of aromatic nitrogens is 1. The van der Waals surface area contributed by atoms with Crippen molar-refractivity contribution in [2.45, 2.75) is 33.8 Å². The van der Waals surface area contributed by atoms with Crippen LogP contribution in [0.5, 0.6) is 0 Å². The standard InChI is InChI=1S/C17H24N2O/c1-5-19(6-2)11-16(20)15-9-7-8-14-13(4)12(3)10-18-17(14)15/h7-10,16,20H,5-6,11H2,1-4H3. The normalized spacial score (nSPS) is 13.1. The number of rotatable bonds is 5. The number of para-hydroxylation sites is 1. The molecule has 0 bridgehead atoms. The molecule has 0 aliphatic heterocycles. The molecule has 1 unspecified atom stereocenters. The van der Waals surface area contributed by atoms with Crippen molar-refractivity contribution >= 4 is 10.9 Å². The van der Waals surface area contributed by atoms with Crippen molar-refractivity contribution in [2.24, 2.45) is 0 Å². The highest BCUT2D eigenvalue weighted by molar-refractivity contribution is 5.85. The van der Waals surface area contributed by atoms with E-state index in [0.717, 1.165) is 29.6 Å². The van der Waals surface area contributed by atoms with Gasteiger partial charge in [0.2, 0.25) is 0 Å². The highest BCUT2D eigenvalue weighted by atomic mass is 16.3. The van der Waals surface area contributed by atoms with Crippen LogP contribution < -0.4 is 0 Å². The van der Waals surface area contributed by atoms with Crippen LogP contribution in [-0.4, -0.2) is 34.6 Å². The van der Waals surface area contributed by atoms with Crippen LogP contribution in [0.4, 0.5) is 0 Å². The zero-order valence-corrected chi connectivity index (χ0v) is 12.8. The molecule has 0 aliphatic rings. The third-order valence-corrected chi connectivity index (χ3v) is 4.13. The number of aliphatic hydroxyl groups is 1. The lowest BCUT2D eigenvalue weighted by Crippen LogP contribution is -2.28. The molecule has 0 radical (unpaired) electrons. The molecule has 0 fully saturated rings. The lowest BCUT2D eigenvalue weighted by Gasteiger charge is -2.23. The molecule has 0 saturated heterocycles. The van der Waals surface area contributed by atoms with Gasteiger partial charge in [0, 0.05) is 23.7 Å². The van der Waals surface area contributed by atoms with Crippen molar-refractivity contribution in [3.05, 3.63) is 41.1 Å². The number of fused-ring (bicyclic) bond motifs is 1. The first-order valence-corrected chi connectivity index (χ1v) is 7.33. The summed E-state index contributed by atoms with van der Waals surface area (Å²) in [4.78, 5) is 6.77. The number of hydrogen-bond donors (Lipinski definition) is 1. The molecule has 2 rings (SSSR count). The van der Waals surface area contributed by atoms with E-state index in [0.29, 0.717) is 6.54 Å². The van der Waals surface area contributed by atoms with Crippen LogP contribution in [0.25, 0.3) is 10.9 Å². The number of pyridine rings is 1. The van der Waals surface area contributed by atoms with E-state index in [2.05, 4.69) is 43.6 Å². The van der Waals surface area contributed by atoms with Crippen LogP contribution in [0.3, 0.4) is 0 Å². The Morgan fingerprint density at radius 2 is 1.90 bits per heavy atom.